The maximum Gasteiger partial charge on any atom is 0.269 e. The van der Waals surface area contributed by atoms with Gasteiger partial charge in [0.2, 0.25) is 0 Å². The molecule has 1 saturated carbocycles. The van der Waals surface area contributed by atoms with Gasteiger partial charge in [-0.25, -0.2) is 0 Å². The Balaban J connectivity index is 2.04. The normalized spacial score (nSPS) is 14.5. The van der Waals surface area contributed by atoms with Crippen LogP contribution in [0, 0.1) is 0 Å². The predicted molar refractivity (Wildman–Crippen MR) is 99.0 cm³/mol. The summed E-state index contributed by atoms with van der Waals surface area (Å²) in [4.78, 5) is 12.9. The minimum absolute atomic E-state index is 0.0969. The van der Waals surface area contributed by atoms with Crippen molar-refractivity contribution in [3.8, 4) is 16.9 Å². The van der Waals surface area contributed by atoms with Crippen molar-refractivity contribution < 1.29 is 5.11 Å². The maximum absolute atomic E-state index is 12.9. The van der Waals surface area contributed by atoms with Crippen LogP contribution < -0.4 is 5.56 Å². The third-order valence-corrected chi connectivity index (χ3v) is 5.65. The lowest BCUT2D eigenvalue weighted by molar-refractivity contribution is 0.478. The van der Waals surface area contributed by atoms with Gasteiger partial charge in [-0.15, -0.1) is 11.3 Å². The van der Waals surface area contributed by atoms with Gasteiger partial charge in [-0.1, -0.05) is 30.3 Å². The second kappa shape index (κ2) is 4.95. The molecule has 1 aliphatic rings. The third-order valence-electron chi connectivity index (χ3n) is 4.74. The number of fused-ring (bicyclic) bond motifs is 3. The third kappa shape index (κ3) is 1.86. The summed E-state index contributed by atoms with van der Waals surface area (Å²) in [5, 5.41) is 14.5. The van der Waals surface area contributed by atoms with Gasteiger partial charge in [0.1, 0.15) is 10.4 Å². The van der Waals surface area contributed by atoms with Crippen molar-refractivity contribution in [3.05, 3.63) is 64.3 Å². The second-order valence-electron chi connectivity index (χ2n) is 6.29. The number of rotatable bonds is 2. The zero-order chi connectivity index (χ0) is 16.3. The fourth-order valence-corrected chi connectivity index (χ4v) is 4.37. The van der Waals surface area contributed by atoms with E-state index in [2.05, 4.69) is 0 Å². The smallest absolute Gasteiger partial charge is 0.269 e. The Kier molecular flexibility index (Phi) is 2.85. The molecule has 4 heteroatoms. The molecule has 1 aliphatic carbocycles. The van der Waals surface area contributed by atoms with Crippen molar-refractivity contribution >= 4 is 32.3 Å². The first kappa shape index (κ1) is 13.8. The van der Waals surface area contributed by atoms with E-state index < -0.39 is 0 Å². The topological polar surface area (TPSA) is 42.2 Å². The zero-order valence-corrected chi connectivity index (χ0v) is 13.7. The molecule has 2 aromatic carbocycles. The zero-order valence-electron chi connectivity index (χ0n) is 12.9. The van der Waals surface area contributed by atoms with E-state index in [1.54, 1.807) is 6.07 Å². The highest BCUT2D eigenvalue weighted by Crippen LogP contribution is 2.43. The van der Waals surface area contributed by atoms with Crippen molar-refractivity contribution in [3.63, 3.8) is 0 Å². The molecule has 2 heterocycles. The van der Waals surface area contributed by atoms with Crippen molar-refractivity contribution in [2.24, 2.45) is 0 Å². The number of aromatic hydroxyl groups is 1. The Morgan fingerprint density at radius 2 is 1.83 bits per heavy atom. The molecule has 1 N–H and O–H groups in total. The summed E-state index contributed by atoms with van der Waals surface area (Å²) in [5.41, 5.74) is 2.80. The molecule has 0 atom stereocenters. The highest BCUT2D eigenvalue weighted by atomic mass is 32.1. The molecule has 3 nitrogen and oxygen atoms in total. The molecule has 0 bridgehead atoms. The summed E-state index contributed by atoms with van der Waals surface area (Å²) in [6.07, 6.45) is 2.10. The van der Waals surface area contributed by atoms with E-state index in [-0.39, 0.29) is 11.3 Å². The fourth-order valence-electron chi connectivity index (χ4n) is 3.54. The Bertz CT molecular complexity index is 1140. The predicted octanol–water partition coefficient (Wildman–Crippen LogP) is 4.92. The molecule has 118 valence electrons. The first-order valence-electron chi connectivity index (χ1n) is 8.08. The van der Waals surface area contributed by atoms with Crippen molar-refractivity contribution in [1.82, 2.24) is 4.57 Å². The van der Waals surface area contributed by atoms with Crippen molar-refractivity contribution in [2.45, 2.75) is 18.9 Å². The first-order valence-corrected chi connectivity index (χ1v) is 8.96. The molecule has 5 rings (SSSR count). The summed E-state index contributed by atoms with van der Waals surface area (Å²) in [6.45, 7) is 0. The summed E-state index contributed by atoms with van der Waals surface area (Å²) < 4.78 is 2.71. The Labute approximate surface area is 142 Å². The fraction of sp³-hybridized carbons (Fsp3) is 0.150. The van der Waals surface area contributed by atoms with Gasteiger partial charge in [0.05, 0.1) is 5.52 Å². The number of nitrogens with zero attached hydrogens (tertiary/aromatic N) is 1. The van der Waals surface area contributed by atoms with Crippen LogP contribution in [0.5, 0.6) is 5.75 Å². The maximum atomic E-state index is 12.9. The lowest BCUT2D eigenvalue weighted by Crippen LogP contribution is -2.19. The van der Waals surface area contributed by atoms with Crippen LogP contribution >= 0.6 is 11.3 Å². The molecule has 0 amide bonds. The van der Waals surface area contributed by atoms with Gasteiger partial charge in [-0.2, -0.15) is 0 Å². The molecule has 0 unspecified atom stereocenters. The second-order valence-corrected chi connectivity index (χ2v) is 7.21. The quantitative estimate of drug-likeness (QED) is 0.565. The van der Waals surface area contributed by atoms with E-state index in [9.17, 15) is 9.90 Å². The molecule has 0 aliphatic heterocycles. The highest BCUT2D eigenvalue weighted by Gasteiger charge is 2.28. The molecule has 24 heavy (non-hydrogen) atoms. The molecular weight excluding hydrogens is 318 g/mol. The van der Waals surface area contributed by atoms with Crippen LogP contribution in [0.4, 0.5) is 0 Å². The minimum atomic E-state index is 0.0969. The molecule has 0 radical (unpaired) electrons. The number of phenolic OH excluding ortho intramolecular Hbond substituents is 1. The van der Waals surface area contributed by atoms with Crippen LogP contribution in [0.2, 0.25) is 0 Å². The average molecular weight is 333 g/mol. The SMILES string of the molecule is O=c1c2sccc2c2c(-c3ccccc3)c(O)ccc2n1C1CC1. The minimum Gasteiger partial charge on any atom is -0.507 e. The summed E-state index contributed by atoms with van der Waals surface area (Å²) in [7, 11) is 0. The van der Waals surface area contributed by atoms with Crippen LogP contribution in [-0.2, 0) is 0 Å². The van der Waals surface area contributed by atoms with Crippen LogP contribution in [0.25, 0.3) is 32.1 Å². The monoisotopic (exact) mass is 333 g/mol. The number of benzene rings is 2. The number of aromatic nitrogens is 1. The Morgan fingerprint density at radius 1 is 1.04 bits per heavy atom. The first-order chi connectivity index (χ1) is 11.8. The Hall–Kier alpha value is -2.59. The van der Waals surface area contributed by atoms with Gasteiger partial charge in [0.25, 0.3) is 5.56 Å². The van der Waals surface area contributed by atoms with E-state index in [4.69, 9.17) is 0 Å². The van der Waals surface area contributed by atoms with Crippen LogP contribution in [-0.4, -0.2) is 9.67 Å². The average Bonchev–Trinajstić information content (AvgIpc) is 3.31. The molecule has 0 saturated heterocycles. The van der Waals surface area contributed by atoms with Gasteiger partial charge in [0, 0.05) is 22.4 Å². The van der Waals surface area contributed by atoms with Gasteiger partial charge >= 0.3 is 0 Å². The largest absolute Gasteiger partial charge is 0.507 e. The number of phenols is 1. The van der Waals surface area contributed by atoms with Crippen molar-refractivity contribution in [2.75, 3.05) is 0 Å². The molecule has 0 spiro atoms. The number of hydrogen-bond donors (Lipinski definition) is 1. The number of pyridine rings is 1. The standard InChI is InChI=1S/C20H15NO2S/c22-16-9-8-15-18(17(16)12-4-2-1-3-5-12)14-10-11-24-19(14)20(23)21(15)13-6-7-13/h1-5,8-11,13,22H,6-7H2. The van der Waals surface area contributed by atoms with Gasteiger partial charge in [0.15, 0.2) is 0 Å². The van der Waals surface area contributed by atoms with E-state index in [0.717, 1.165) is 45.0 Å². The van der Waals surface area contributed by atoms with E-state index >= 15 is 0 Å². The molecule has 2 aromatic heterocycles. The van der Waals surface area contributed by atoms with Crippen LogP contribution in [0.3, 0.4) is 0 Å². The lowest BCUT2D eigenvalue weighted by Gasteiger charge is -2.15. The summed E-state index contributed by atoms with van der Waals surface area (Å²) >= 11 is 1.48. The molecule has 1 fully saturated rings. The lowest BCUT2D eigenvalue weighted by atomic mass is 9.97. The number of hydrogen-bond acceptors (Lipinski definition) is 3. The van der Waals surface area contributed by atoms with Gasteiger partial charge < -0.3 is 9.67 Å². The van der Waals surface area contributed by atoms with Crippen LogP contribution in [0.1, 0.15) is 18.9 Å². The van der Waals surface area contributed by atoms with E-state index in [1.807, 2.05) is 52.4 Å². The summed E-state index contributed by atoms with van der Waals surface area (Å²) in [6, 6.07) is 15.8. The Morgan fingerprint density at radius 3 is 2.58 bits per heavy atom. The summed E-state index contributed by atoms with van der Waals surface area (Å²) in [5.74, 6) is 0.252. The van der Waals surface area contributed by atoms with Crippen molar-refractivity contribution in [1.29, 1.82) is 0 Å². The number of thiophene rings is 1. The van der Waals surface area contributed by atoms with Crippen LogP contribution in [0.15, 0.2) is 58.7 Å². The highest BCUT2D eigenvalue weighted by molar-refractivity contribution is 7.17. The van der Waals surface area contributed by atoms with Gasteiger partial charge in [-0.3, -0.25) is 4.79 Å². The molecule has 4 aromatic rings. The van der Waals surface area contributed by atoms with Gasteiger partial charge in [-0.05, 0) is 42.0 Å². The van der Waals surface area contributed by atoms with E-state index in [0.29, 0.717) is 6.04 Å². The van der Waals surface area contributed by atoms with E-state index in [1.165, 1.54) is 11.3 Å². The molecular formula is C20H15NO2S.